The highest BCUT2D eigenvalue weighted by Gasteiger charge is 2.43. The second-order valence-electron chi connectivity index (χ2n) is 4.83. The highest BCUT2D eigenvalue weighted by molar-refractivity contribution is 5.69. The first-order chi connectivity index (χ1) is 15.2. The highest BCUT2D eigenvalue weighted by Crippen LogP contribution is 2.20. The lowest BCUT2D eigenvalue weighted by Crippen LogP contribution is -2.54. The minimum absolute atomic E-state index is 0.825. The number of rotatable bonds is 10. The SMILES string of the molecule is [2H]CC(=O)OC[C@H](OC(=O)C[2H])[C@H](OC(=O)C[2H])[C@@H](OC(=O)C[2H])[C@@H](CO)OC(=O)C[2H]. The van der Waals surface area contributed by atoms with Crippen LogP contribution >= 0.6 is 0 Å². The molecule has 0 aromatic heterocycles. The summed E-state index contributed by atoms with van der Waals surface area (Å²) in [6.45, 7) is -6.46. The Morgan fingerprint density at radius 2 is 1.11 bits per heavy atom. The minimum Gasteiger partial charge on any atom is -0.462 e. The summed E-state index contributed by atoms with van der Waals surface area (Å²) in [7, 11) is 0. The first-order valence-electron chi connectivity index (χ1n) is 10.7. The van der Waals surface area contributed by atoms with E-state index in [4.69, 9.17) is 30.5 Å². The number of ether oxygens (including phenoxy) is 5. The van der Waals surface area contributed by atoms with Crippen molar-refractivity contribution in [1.29, 1.82) is 0 Å². The van der Waals surface area contributed by atoms with Crippen LogP contribution in [-0.2, 0) is 47.7 Å². The molecule has 0 aliphatic carbocycles. The van der Waals surface area contributed by atoms with Crippen molar-refractivity contribution in [2.24, 2.45) is 0 Å². The lowest BCUT2D eigenvalue weighted by atomic mass is 10.0. The zero-order valence-corrected chi connectivity index (χ0v) is 14.3. The number of aliphatic hydroxyl groups is 1. The fourth-order valence-electron chi connectivity index (χ4n) is 1.93. The summed E-state index contributed by atoms with van der Waals surface area (Å²) in [5, 5.41) is 9.63. The van der Waals surface area contributed by atoms with E-state index in [0.717, 1.165) is 0 Å². The van der Waals surface area contributed by atoms with Gasteiger partial charge in [0.05, 0.1) is 6.61 Å². The Labute approximate surface area is 162 Å². The third-order valence-electron chi connectivity index (χ3n) is 2.75. The highest BCUT2D eigenvalue weighted by atomic mass is 16.6. The van der Waals surface area contributed by atoms with Gasteiger partial charge in [0, 0.05) is 41.4 Å². The molecule has 154 valence electrons. The first kappa shape index (κ1) is 16.5. The predicted molar refractivity (Wildman–Crippen MR) is 85.9 cm³/mol. The van der Waals surface area contributed by atoms with Gasteiger partial charge >= 0.3 is 29.8 Å². The molecule has 0 amide bonds. The second-order valence-corrected chi connectivity index (χ2v) is 4.83. The van der Waals surface area contributed by atoms with Gasteiger partial charge in [-0.05, 0) is 0 Å². The topological polar surface area (TPSA) is 152 Å². The van der Waals surface area contributed by atoms with Gasteiger partial charge in [-0.2, -0.15) is 0 Å². The molecule has 0 saturated heterocycles. The van der Waals surface area contributed by atoms with Crippen LogP contribution in [0.25, 0.3) is 0 Å². The molecule has 11 nitrogen and oxygen atoms in total. The number of carbonyl (C=O) groups is 5. The van der Waals surface area contributed by atoms with Gasteiger partial charge in [-0.1, -0.05) is 0 Å². The van der Waals surface area contributed by atoms with E-state index < -0.39 is 102 Å². The van der Waals surface area contributed by atoms with E-state index in [0.29, 0.717) is 0 Å². The fraction of sp³-hybridized carbons (Fsp3) is 0.688. The maximum atomic E-state index is 11.8. The Bertz CT molecular complexity index is 648. The molecule has 1 N–H and O–H groups in total. The van der Waals surface area contributed by atoms with Crippen molar-refractivity contribution < 1.29 is 59.6 Å². The molecular weight excluding hydrogens is 368 g/mol. The van der Waals surface area contributed by atoms with Crippen molar-refractivity contribution >= 4 is 29.8 Å². The maximum Gasteiger partial charge on any atom is 0.303 e. The third kappa shape index (κ3) is 10.1. The van der Waals surface area contributed by atoms with E-state index in [9.17, 15) is 29.1 Å². The van der Waals surface area contributed by atoms with Crippen LogP contribution in [0.2, 0.25) is 0 Å². The smallest absolute Gasteiger partial charge is 0.303 e. The molecule has 0 aliphatic rings. The number of aliphatic hydroxyl groups excluding tert-OH is 1. The first-order valence-corrected chi connectivity index (χ1v) is 7.17. The average Bonchev–Trinajstić information content (AvgIpc) is 2.81. The largest absolute Gasteiger partial charge is 0.462 e. The second kappa shape index (κ2) is 11.8. The predicted octanol–water partition coefficient (Wildman–Crippen LogP) is -0.731. The Kier molecular flexibility index (Phi) is 7.22. The van der Waals surface area contributed by atoms with Crippen LogP contribution in [0.15, 0.2) is 0 Å². The molecule has 0 aromatic carbocycles. The van der Waals surface area contributed by atoms with E-state index in [1.807, 2.05) is 0 Å². The van der Waals surface area contributed by atoms with Crippen molar-refractivity contribution in [1.82, 2.24) is 0 Å². The molecule has 0 unspecified atom stereocenters. The molecule has 27 heavy (non-hydrogen) atoms. The zero-order valence-electron chi connectivity index (χ0n) is 19.3. The molecule has 0 radical (unpaired) electrons. The molecule has 0 rings (SSSR count). The van der Waals surface area contributed by atoms with Gasteiger partial charge < -0.3 is 28.8 Å². The van der Waals surface area contributed by atoms with Crippen LogP contribution in [0.4, 0.5) is 0 Å². The quantitative estimate of drug-likeness (QED) is 0.367. The Morgan fingerprint density at radius 1 is 0.704 bits per heavy atom. The van der Waals surface area contributed by atoms with Crippen molar-refractivity contribution in [2.45, 2.75) is 58.9 Å². The van der Waals surface area contributed by atoms with Crippen LogP contribution in [0.5, 0.6) is 0 Å². The summed E-state index contributed by atoms with van der Waals surface area (Å²) in [5.74, 6) is -5.94. The molecule has 4 atom stereocenters. The van der Waals surface area contributed by atoms with Crippen LogP contribution < -0.4 is 0 Å². The standard InChI is InChI=1S/C16H24O11/c1-8(18)23-7-14(25-10(3)20)16(27-12(5)22)15(26-11(4)21)13(6-17)24-9(2)19/h13-17H,6-7H2,1-5H3/t13-,14+,15+,16+/m1/s1/i1D,2D,3D,4D,5D. The molecule has 0 aliphatic heterocycles. The summed E-state index contributed by atoms with van der Waals surface area (Å²) >= 11 is 0. The molecule has 0 spiro atoms. The summed E-state index contributed by atoms with van der Waals surface area (Å²) < 4.78 is 59.6. The van der Waals surface area contributed by atoms with Gasteiger partial charge in [-0.25, -0.2) is 0 Å². The third-order valence-corrected chi connectivity index (χ3v) is 2.75. The maximum absolute atomic E-state index is 11.8. The number of carbonyl (C=O) groups excluding carboxylic acids is 5. The molecule has 0 bridgehead atoms. The van der Waals surface area contributed by atoms with E-state index in [1.165, 1.54) is 0 Å². The van der Waals surface area contributed by atoms with Gasteiger partial charge in [-0.15, -0.1) is 0 Å². The van der Waals surface area contributed by atoms with Crippen LogP contribution in [-0.4, -0.2) is 72.6 Å². The van der Waals surface area contributed by atoms with Gasteiger partial charge in [0.25, 0.3) is 0 Å². The minimum atomic E-state index is -1.94. The number of hydrogen-bond acceptors (Lipinski definition) is 11. The lowest BCUT2D eigenvalue weighted by Gasteiger charge is -2.34. The lowest BCUT2D eigenvalue weighted by molar-refractivity contribution is -0.205. The van der Waals surface area contributed by atoms with Crippen molar-refractivity contribution in [3.8, 4) is 0 Å². The normalized spacial score (nSPS) is 17.1. The fourth-order valence-corrected chi connectivity index (χ4v) is 1.93. The summed E-state index contributed by atoms with van der Waals surface area (Å²) in [6, 6.07) is 0. The number of esters is 5. The number of hydrogen-bond donors (Lipinski definition) is 1. The van der Waals surface area contributed by atoms with Gasteiger partial charge in [0.1, 0.15) is 6.61 Å². The molecule has 11 heteroatoms. The van der Waals surface area contributed by atoms with Crippen molar-refractivity contribution in [3.05, 3.63) is 0 Å². The molecule has 0 fully saturated rings. The monoisotopic (exact) mass is 397 g/mol. The zero-order chi connectivity index (χ0) is 24.7. The molecular formula is C16H24O11. The van der Waals surface area contributed by atoms with Crippen LogP contribution in [0.3, 0.4) is 0 Å². The van der Waals surface area contributed by atoms with Gasteiger partial charge in [0.2, 0.25) is 0 Å². The average molecular weight is 397 g/mol. The van der Waals surface area contributed by atoms with Crippen LogP contribution in [0.1, 0.15) is 41.4 Å². The Balaban J connectivity index is 6.29. The summed E-state index contributed by atoms with van der Waals surface area (Å²) in [6.07, 6.45) is -7.43. The molecule has 0 aromatic rings. The summed E-state index contributed by atoms with van der Waals surface area (Å²) in [5.41, 5.74) is 0. The van der Waals surface area contributed by atoms with Crippen molar-refractivity contribution in [2.75, 3.05) is 13.2 Å². The Hall–Kier alpha value is -2.69. The molecule has 0 heterocycles. The Morgan fingerprint density at radius 3 is 1.56 bits per heavy atom. The van der Waals surface area contributed by atoms with Gasteiger partial charge in [-0.3, -0.25) is 24.0 Å². The summed E-state index contributed by atoms with van der Waals surface area (Å²) in [4.78, 5) is 58.2. The van der Waals surface area contributed by atoms with E-state index in [-0.39, 0.29) is 0 Å². The van der Waals surface area contributed by atoms with Crippen molar-refractivity contribution in [3.63, 3.8) is 0 Å². The van der Waals surface area contributed by atoms with E-state index in [1.54, 1.807) is 0 Å². The van der Waals surface area contributed by atoms with Crippen LogP contribution in [0, 0.1) is 0 Å². The molecule has 0 saturated carbocycles. The van der Waals surface area contributed by atoms with E-state index in [2.05, 4.69) is 0 Å². The van der Waals surface area contributed by atoms with E-state index >= 15 is 0 Å². The van der Waals surface area contributed by atoms with Gasteiger partial charge in [0.15, 0.2) is 24.4 Å².